The normalized spacial score (nSPS) is 10.3. The van der Waals surface area contributed by atoms with Gasteiger partial charge in [0.1, 0.15) is 10.8 Å². The van der Waals surface area contributed by atoms with E-state index in [0.717, 1.165) is 21.3 Å². The highest BCUT2D eigenvalue weighted by Gasteiger charge is 2.11. The van der Waals surface area contributed by atoms with Gasteiger partial charge in [-0.05, 0) is 35.9 Å². The summed E-state index contributed by atoms with van der Waals surface area (Å²) in [6.45, 7) is 0.578. The van der Waals surface area contributed by atoms with E-state index in [4.69, 9.17) is 18.0 Å². The Kier molecular flexibility index (Phi) is 4.73. The summed E-state index contributed by atoms with van der Waals surface area (Å²) in [5, 5.41) is 0. The quantitative estimate of drug-likeness (QED) is 0.847. The summed E-state index contributed by atoms with van der Waals surface area (Å²) in [5.41, 5.74) is 8.38. The summed E-state index contributed by atoms with van der Waals surface area (Å²) < 4.78 is 14.1. The second-order valence-electron chi connectivity index (χ2n) is 4.51. The van der Waals surface area contributed by atoms with Crippen LogP contribution < -0.4 is 10.6 Å². The van der Waals surface area contributed by atoms with Crippen LogP contribution in [0, 0.1) is 5.82 Å². The summed E-state index contributed by atoms with van der Waals surface area (Å²) >= 11 is 8.49. The van der Waals surface area contributed by atoms with Crippen LogP contribution in [0.1, 0.15) is 11.1 Å². The van der Waals surface area contributed by atoms with E-state index in [9.17, 15) is 4.39 Å². The largest absolute Gasteiger partial charge is 0.389 e. The molecular weight excluding hydrogens is 339 g/mol. The molecule has 0 unspecified atom stereocenters. The predicted molar refractivity (Wildman–Crippen MR) is 88.5 cm³/mol. The van der Waals surface area contributed by atoms with Crippen molar-refractivity contribution in [1.29, 1.82) is 0 Å². The van der Waals surface area contributed by atoms with Gasteiger partial charge in [0.2, 0.25) is 0 Å². The zero-order valence-electron chi connectivity index (χ0n) is 10.9. The maximum atomic E-state index is 13.2. The Morgan fingerprint density at radius 2 is 2.05 bits per heavy atom. The number of halogens is 2. The molecule has 0 saturated heterocycles. The minimum absolute atomic E-state index is 0.235. The molecule has 0 radical (unpaired) electrons. The molecule has 2 aromatic carbocycles. The number of anilines is 1. The van der Waals surface area contributed by atoms with Crippen LogP contribution in [0.5, 0.6) is 0 Å². The molecule has 2 aromatic rings. The average molecular weight is 353 g/mol. The Morgan fingerprint density at radius 3 is 2.70 bits per heavy atom. The lowest BCUT2D eigenvalue weighted by atomic mass is 10.1. The summed E-state index contributed by atoms with van der Waals surface area (Å²) in [6, 6.07) is 12.3. The van der Waals surface area contributed by atoms with Crippen molar-refractivity contribution in [2.45, 2.75) is 6.54 Å². The van der Waals surface area contributed by atoms with E-state index in [1.165, 1.54) is 12.1 Å². The predicted octanol–water partition coefficient (Wildman–Crippen LogP) is 3.86. The molecule has 0 saturated carbocycles. The fourth-order valence-electron chi connectivity index (χ4n) is 2.03. The summed E-state index contributed by atoms with van der Waals surface area (Å²) in [6.07, 6.45) is 0. The highest BCUT2D eigenvalue weighted by Crippen LogP contribution is 2.25. The van der Waals surface area contributed by atoms with Crippen molar-refractivity contribution in [2.75, 3.05) is 11.9 Å². The third-order valence-electron chi connectivity index (χ3n) is 2.94. The van der Waals surface area contributed by atoms with Gasteiger partial charge in [-0.1, -0.05) is 40.3 Å². The molecule has 0 aliphatic heterocycles. The van der Waals surface area contributed by atoms with Gasteiger partial charge in [-0.15, -0.1) is 0 Å². The molecule has 0 fully saturated rings. The molecule has 2 nitrogen and oxygen atoms in total. The van der Waals surface area contributed by atoms with Gasteiger partial charge in [-0.3, -0.25) is 0 Å². The second kappa shape index (κ2) is 6.33. The molecule has 2 rings (SSSR count). The first-order chi connectivity index (χ1) is 9.47. The van der Waals surface area contributed by atoms with Crippen LogP contribution in [-0.4, -0.2) is 12.0 Å². The Labute approximate surface area is 131 Å². The smallest absolute Gasteiger partial charge is 0.123 e. The number of hydrogen-bond donors (Lipinski definition) is 1. The molecule has 0 bridgehead atoms. The number of thiocarbonyl (C=S) groups is 1. The Bertz CT molecular complexity index is 646. The number of rotatable bonds is 4. The van der Waals surface area contributed by atoms with Gasteiger partial charge in [-0.25, -0.2) is 4.39 Å². The molecular formula is C15H14BrFN2S. The lowest BCUT2D eigenvalue weighted by molar-refractivity contribution is 0.625. The van der Waals surface area contributed by atoms with Gasteiger partial charge in [0, 0.05) is 29.3 Å². The maximum absolute atomic E-state index is 13.2. The molecule has 20 heavy (non-hydrogen) atoms. The van der Waals surface area contributed by atoms with Gasteiger partial charge in [0.05, 0.1) is 0 Å². The standard InChI is InChI=1S/C15H14BrFN2S/c1-19(9-10-3-2-4-12(17)7-10)14-6-5-11(16)8-13(14)15(18)20/h2-8H,9H2,1H3,(H2,18,20). The first-order valence-electron chi connectivity index (χ1n) is 6.02. The van der Waals surface area contributed by atoms with E-state index >= 15 is 0 Å². The van der Waals surface area contributed by atoms with Crippen LogP contribution in [0.25, 0.3) is 0 Å². The SMILES string of the molecule is CN(Cc1cccc(F)c1)c1ccc(Br)cc1C(N)=S. The van der Waals surface area contributed by atoms with E-state index < -0.39 is 0 Å². The van der Waals surface area contributed by atoms with E-state index in [2.05, 4.69) is 15.9 Å². The lowest BCUT2D eigenvalue weighted by Crippen LogP contribution is -2.21. The maximum Gasteiger partial charge on any atom is 0.123 e. The van der Waals surface area contributed by atoms with Crippen molar-refractivity contribution in [3.05, 3.63) is 63.9 Å². The molecule has 0 aromatic heterocycles. The minimum atomic E-state index is -0.235. The number of benzene rings is 2. The Hall–Kier alpha value is -1.46. The summed E-state index contributed by atoms with van der Waals surface area (Å²) in [5.74, 6) is -0.235. The first kappa shape index (κ1) is 14.9. The third-order valence-corrected chi connectivity index (χ3v) is 3.66. The highest BCUT2D eigenvalue weighted by atomic mass is 79.9. The molecule has 0 spiro atoms. The third kappa shape index (κ3) is 3.55. The first-order valence-corrected chi connectivity index (χ1v) is 7.22. The van der Waals surface area contributed by atoms with Gasteiger partial charge < -0.3 is 10.6 Å². The highest BCUT2D eigenvalue weighted by molar-refractivity contribution is 9.10. The summed E-state index contributed by atoms with van der Waals surface area (Å²) in [7, 11) is 1.93. The van der Waals surface area contributed by atoms with Crippen LogP contribution in [0.2, 0.25) is 0 Å². The zero-order valence-corrected chi connectivity index (χ0v) is 13.3. The monoisotopic (exact) mass is 352 g/mol. The van der Waals surface area contributed by atoms with Crippen molar-refractivity contribution in [3.63, 3.8) is 0 Å². The zero-order chi connectivity index (χ0) is 14.7. The van der Waals surface area contributed by atoms with Gasteiger partial charge >= 0.3 is 0 Å². The van der Waals surface area contributed by atoms with E-state index in [-0.39, 0.29) is 5.82 Å². The number of nitrogens with two attached hydrogens (primary N) is 1. The van der Waals surface area contributed by atoms with Gasteiger partial charge in [0.15, 0.2) is 0 Å². The van der Waals surface area contributed by atoms with Gasteiger partial charge in [0.25, 0.3) is 0 Å². The van der Waals surface area contributed by atoms with E-state index in [0.29, 0.717) is 11.5 Å². The number of nitrogens with zero attached hydrogens (tertiary/aromatic N) is 1. The summed E-state index contributed by atoms with van der Waals surface area (Å²) in [4.78, 5) is 2.34. The Balaban J connectivity index is 2.29. The van der Waals surface area contributed by atoms with Crippen LogP contribution in [0.15, 0.2) is 46.9 Å². The van der Waals surface area contributed by atoms with Crippen molar-refractivity contribution >= 4 is 38.8 Å². The molecule has 0 amide bonds. The van der Waals surface area contributed by atoms with Gasteiger partial charge in [-0.2, -0.15) is 0 Å². The van der Waals surface area contributed by atoms with Crippen molar-refractivity contribution in [2.24, 2.45) is 5.73 Å². The fraction of sp³-hybridized carbons (Fsp3) is 0.133. The van der Waals surface area contributed by atoms with E-state index in [1.807, 2.05) is 36.2 Å². The number of hydrogen-bond acceptors (Lipinski definition) is 2. The second-order valence-corrected chi connectivity index (χ2v) is 5.87. The van der Waals surface area contributed by atoms with Crippen molar-refractivity contribution < 1.29 is 4.39 Å². The molecule has 0 heterocycles. The average Bonchev–Trinajstić information content (AvgIpc) is 2.38. The molecule has 104 valence electrons. The fourth-order valence-corrected chi connectivity index (χ4v) is 2.56. The molecule has 0 aliphatic rings. The molecule has 5 heteroatoms. The molecule has 0 atom stereocenters. The molecule has 2 N–H and O–H groups in total. The van der Waals surface area contributed by atoms with E-state index in [1.54, 1.807) is 6.07 Å². The van der Waals surface area contributed by atoms with Crippen LogP contribution >= 0.6 is 28.1 Å². The molecule has 0 aliphatic carbocycles. The minimum Gasteiger partial charge on any atom is -0.389 e. The van der Waals surface area contributed by atoms with Crippen LogP contribution in [0.3, 0.4) is 0 Å². The Morgan fingerprint density at radius 1 is 1.30 bits per heavy atom. The van der Waals surface area contributed by atoms with Crippen LogP contribution in [0.4, 0.5) is 10.1 Å². The lowest BCUT2D eigenvalue weighted by Gasteiger charge is -2.22. The van der Waals surface area contributed by atoms with Crippen LogP contribution in [-0.2, 0) is 6.54 Å². The topological polar surface area (TPSA) is 29.3 Å². The van der Waals surface area contributed by atoms with Crippen molar-refractivity contribution in [3.8, 4) is 0 Å². The van der Waals surface area contributed by atoms with Crippen molar-refractivity contribution in [1.82, 2.24) is 0 Å².